The van der Waals surface area contributed by atoms with Crippen LogP contribution in [0.3, 0.4) is 0 Å². The molecule has 0 saturated heterocycles. The van der Waals surface area contributed by atoms with Crippen LogP contribution in [0, 0.1) is 17.2 Å². The summed E-state index contributed by atoms with van der Waals surface area (Å²) in [5.41, 5.74) is -1.23. The van der Waals surface area contributed by atoms with Crippen molar-refractivity contribution in [1.29, 1.82) is 5.26 Å². The molecule has 0 fully saturated rings. The van der Waals surface area contributed by atoms with Gasteiger partial charge in [0.05, 0.1) is 6.07 Å². The highest BCUT2D eigenvalue weighted by molar-refractivity contribution is 5.93. The number of rotatable bonds is 8. The van der Waals surface area contributed by atoms with Crippen LogP contribution >= 0.6 is 0 Å². The fourth-order valence-corrected chi connectivity index (χ4v) is 3.28. The summed E-state index contributed by atoms with van der Waals surface area (Å²) in [6, 6.07) is 5.76. The summed E-state index contributed by atoms with van der Waals surface area (Å²) >= 11 is 0. The Hall–Kier alpha value is -3.28. The Morgan fingerprint density at radius 1 is 1.15 bits per heavy atom. The van der Waals surface area contributed by atoms with Crippen LogP contribution in [0.25, 0.3) is 0 Å². The van der Waals surface area contributed by atoms with Gasteiger partial charge in [-0.15, -0.1) is 0 Å². The van der Waals surface area contributed by atoms with Crippen LogP contribution < -0.4 is 10.6 Å². The van der Waals surface area contributed by atoms with Gasteiger partial charge in [-0.05, 0) is 53.5 Å². The van der Waals surface area contributed by atoms with Crippen LogP contribution in [-0.2, 0) is 14.3 Å². The topological polar surface area (TPSA) is 132 Å². The summed E-state index contributed by atoms with van der Waals surface area (Å²) in [4.78, 5) is 40.7. The Balaban J connectivity index is 3.52. The summed E-state index contributed by atoms with van der Waals surface area (Å²) < 4.78 is 5.33. The smallest absolute Gasteiger partial charge is 0.408 e. The number of carbonyl (C=O) groups excluding carboxylic acids is 3. The molecular formula is C25H38N4O5. The first kappa shape index (κ1) is 28.8. The highest BCUT2D eigenvalue weighted by Gasteiger charge is 2.39. The number of nitrogens with zero attached hydrogens (tertiary/aromatic N) is 2. The second-order valence-corrected chi connectivity index (χ2v) is 10.3. The van der Waals surface area contributed by atoms with Gasteiger partial charge >= 0.3 is 6.09 Å². The average Bonchev–Trinajstić information content (AvgIpc) is 2.69. The van der Waals surface area contributed by atoms with Gasteiger partial charge in [-0.2, -0.15) is 5.26 Å². The Bertz CT molecular complexity index is 911. The first-order chi connectivity index (χ1) is 15.6. The van der Waals surface area contributed by atoms with Crippen molar-refractivity contribution in [3.05, 3.63) is 29.8 Å². The molecule has 0 spiro atoms. The predicted octanol–water partition coefficient (Wildman–Crippen LogP) is 3.64. The van der Waals surface area contributed by atoms with E-state index in [1.165, 1.54) is 12.1 Å². The van der Waals surface area contributed by atoms with Crippen LogP contribution in [0.4, 0.5) is 4.79 Å². The van der Waals surface area contributed by atoms with Crippen LogP contribution in [-0.4, -0.2) is 51.6 Å². The molecule has 3 N–H and O–H groups in total. The van der Waals surface area contributed by atoms with Crippen molar-refractivity contribution >= 4 is 17.9 Å². The number of alkyl carbamates (subject to hydrolysis) is 1. The van der Waals surface area contributed by atoms with E-state index in [0.29, 0.717) is 6.42 Å². The van der Waals surface area contributed by atoms with Gasteiger partial charge in [-0.3, -0.25) is 9.59 Å². The number of benzene rings is 1. The highest BCUT2D eigenvalue weighted by atomic mass is 16.6. The summed E-state index contributed by atoms with van der Waals surface area (Å²) in [6.45, 7) is 13.7. The van der Waals surface area contributed by atoms with E-state index in [1.54, 1.807) is 60.6 Å². The molecule has 34 heavy (non-hydrogen) atoms. The molecule has 1 aromatic rings. The van der Waals surface area contributed by atoms with Crippen molar-refractivity contribution in [1.82, 2.24) is 15.5 Å². The molecule has 1 aromatic carbocycles. The Morgan fingerprint density at radius 3 is 2.21 bits per heavy atom. The number of para-hydroxylation sites is 1. The second-order valence-electron chi connectivity index (χ2n) is 10.3. The second kappa shape index (κ2) is 11.7. The van der Waals surface area contributed by atoms with Crippen molar-refractivity contribution in [2.24, 2.45) is 5.92 Å². The molecule has 1 rings (SSSR count). The molecule has 9 heteroatoms. The fraction of sp³-hybridized carbons (Fsp3) is 0.600. The molecule has 0 aliphatic rings. The molecular weight excluding hydrogens is 436 g/mol. The number of phenols is 1. The monoisotopic (exact) mass is 474 g/mol. The maximum atomic E-state index is 13.8. The maximum absolute atomic E-state index is 13.8. The van der Waals surface area contributed by atoms with Gasteiger partial charge in [0.1, 0.15) is 30.0 Å². The molecule has 3 unspecified atom stereocenters. The van der Waals surface area contributed by atoms with Gasteiger partial charge in [-0.25, -0.2) is 4.79 Å². The number of nitrogens with one attached hydrogen (secondary N) is 2. The highest BCUT2D eigenvalue weighted by Crippen LogP contribution is 2.30. The number of ether oxygens (including phenoxy) is 1. The number of phenolic OH excluding ortho intramolecular Hbond substituents is 1. The Kier molecular flexibility index (Phi) is 9.92. The zero-order valence-electron chi connectivity index (χ0n) is 21.4. The summed E-state index contributed by atoms with van der Waals surface area (Å²) in [5.74, 6) is -1.69. The third-order valence-electron chi connectivity index (χ3n) is 4.96. The van der Waals surface area contributed by atoms with Gasteiger partial charge in [0.25, 0.3) is 0 Å². The number of carbonyl (C=O) groups is 3. The molecule has 0 bridgehead atoms. The minimum atomic E-state index is -1.29. The lowest BCUT2D eigenvalue weighted by atomic mass is 9.95. The van der Waals surface area contributed by atoms with Gasteiger partial charge in [0.15, 0.2) is 0 Å². The summed E-state index contributed by atoms with van der Waals surface area (Å²) in [5, 5.41) is 25.5. The minimum Gasteiger partial charge on any atom is -0.508 e. The van der Waals surface area contributed by atoms with E-state index in [0.717, 1.165) is 4.90 Å². The molecule has 0 saturated carbocycles. The zero-order valence-corrected chi connectivity index (χ0v) is 21.4. The molecule has 0 aliphatic carbocycles. The molecule has 188 valence electrons. The van der Waals surface area contributed by atoms with Crippen molar-refractivity contribution in [2.45, 2.75) is 85.0 Å². The van der Waals surface area contributed by atoms with Crippen LogP contribution in [0.15, 0.2) is 24.3 Å². The molecule has 0 radical (unpaired) electrons. The van der Waals surface area contributed by atoms with Gasteiger partial charge < -0.3 is 25.4 Å². The molecule has 0 aromatic heterocycles. The van der Waals surface area contributed by atoms with Crippen molar-refractivity contribution in [2.75, 3.05) is 6.54 Å². The van der Waals surface area contributed by atoms with Crippen LogP contribution in [0.2, 0.25) is 0 Å². The SMILES string of the molecule is CCC(C)C(NC(=O)OC(C)(C)C)C(=O)N(CC#N)C(C(=O)NC(C)(C)C)c1ccccc1O. The normalized spacial score (nSPS) is 14.2. The van der Waals surface area contributed by atoms with Gasteiger partial charge in [-0.1, -0.05) is 38.5 Å². The van der Waals surface area contributed by atoms with E-state index in [-0.39, 0.29) is 17.2 Å². The average molecular weight is 475 g/mol. The van der Waals surface area contributed by atoms with Crippen molar-refractivity contribution in [3.63, 3.8) is 0 Å². The third-order valence-corrected chi connectivity index (χ3v) is 4.96. The van der Waals surface area contributed by atoms with E-state index in [1.807, 2.05) is 13.0 Å². The number of hydrogen-bond donors (Lipinski definition) is 3. The minimum absolute atomic E-state index is 0.174. The Morgan fingerprint density at radius 2 is 1.74 bits per heavy atom. The molecule has 0 heterocycles. The van der Waals surface area contributed by atoms with Crippen LogP contribution in [0.5, 0.6) is 5.75 Å². The predicted molar refractivity (Wildman–Crippen MR) is 129 cm³/mol. The van der Waals surface area contributed by atoms with Crippen molar-refractivity contribution < 1.29 is 24.2 Å². The zero-order chi connectivity index (χ0) is 26.3. The van der Waals surface area contributed by atoms with Crippen molar-refractivity contribution in [3.8, 4) is 11.8 Å². The summed E-state index contributed by atoms with van der Waals surface area (Å²) in [6.07, 6.45) is -0.233. The van der Waals surface area contributed by atoms with E-state index >= 15 is 0 Å². The first-order valence-corrected chi connectivity index (χ1v) is 11.4. The number of nitriles is 1. The third kappa shape index (κ3) is 8.58. The lowest BCUT2D eigenvalue weighted by molar-refractivity contribution is -0.143. The molecule has 3 atom stereocenters. The van der Waals surface area contributed by atoms with Gasteiger partial charge in [0, 0.05) is 11.1 Å². The number of amides is 3. The van der Waals surface area contributed by atoms with E-state index in [2.05, 4.69) is 10.6 Å². The van der Waals surface area contributed by atoms with E-state index in [4.69, 9.17) is 4.74 Å². The quantitative estimate of drug-likeness (QED) is 0.493. The standard InChI is InChI=1S/C25H38N4O5/c1-9-16(2)19(27-23(33)34-25(6,7)8)22(32)29(15-14-26)20(21(31)28-24(3,4)5)17-12-10-11-13-18(17)30/h10-13,16,19-20,30H,9,15H2,1-8H3,(H,27,33)(H,28,31). The summed E-state index contributed by atoms with van der Waals surface area (Å²) in [7, 11) is 0. The Labute approximate surface area is 202 Å². The maximum Gasteiger partial charge on any atom is 0.408 e. The molecule has 9 nitrogen and oxygen atoms in total. The molecule has 3 amide bonds. The number of hydrogen-bond acceptors (Lipinski definition) is 6. The largest absolute Gasteiger partial charge is 0.508 e. The van der Waals surface area contributed by atoms with Gasteiger partial charge in [0.2, 0.25) is 11.8 Å². The fourth-order valence-electron chi connectivity index (χ4n) is 3.28. The van der Waals surface area contributed by atoms with E-state index in [9.17, 15) is 24.8 Å². The van der Waals surface area contributed by atoms with E-state index < -0.39 is 47.7 Å². The lowest BCUT2D eigenvalue weighted by Crippen LogP contribution is -2.56. The molecule has 0 aliphatic heterocycles. The first-order valence-electron chi connectivity index (χ1n) is 11.4. The number of aromatic hydroxyl groups is 1. The lowest BCUT2D eigenvalue weighted by Gasteiger charge is -2.36. The van der Waals surface area contributed by atoms with Crippen LogP contribution in [0.1, 0.15) is 73.4 Å².